The van der Waals surface area contributed by atoms with Crippen LogP contribution in [0.25, 0.3) is 10.4 Å². The van der Waals surface area contributed by atoms with Gasteiger partial charge in [0.25, 0.3) is 0 Å². The zero-order valence-corrected chi connectivity index (χ0v) is 15.5. The number of benzene rings is 1. The first kappa shape index (κ1) is 19.8. The van der Waals surface area contributed by atoms with Crippen molar-refractivity contribution in [1.82, 2.24) is 4.98 Å². The normalized spacial score (nSPS) is 11.6. The van der Waals surface area contributed by atoms with Crippen molar-refractivity contribution < 1.29 is 9.47 Å². The zero-order valence-electron chi connectivity index (χ0n) is 15.5. The van der Waals surface area contributed by atoms with Gasteiger partial charge in [0, 0.05) is 29.8 Å². The fraction of sp³-hybridized carbons (Fsp3) is 0.450. The van der Waals surface area contributed by atoms with E-state index in [0.29, 0.717) is 19.6 Å². The van der Waals surface area contributed by atoms with Crippen LogP contribution in [0.5, 0.6) is 5.75 Å². The highest BCUT2D eigenvalue weighted by Crippen LogP contribution is 2.15. The van der Waals surface area contributed by atoms with E-state index < -0.39 is 6.23 Å². The number of aryl methyl sites for hydroxylation is 2. The topological polar surface area (TPSA) is 80.1 Å². The number of rotatable bonds is 11. The summed E-state index contributed by atoms with van der Waals surface area (Å²) in [6.07, 6.45) is 4.76. The highest BCUT2D eigenvalue weighted by molar-refractivity contribution is 5.27. The molecule has 0 amide bonds. The fourth-order valence-corrected chi connectivity index (χ4v) is 2.55. The number of aromatic nitrogens is 1. The van der Waals surface area contributed by atoms with Crippen LogP contribution in [-0.2, 0) is 24.0 Å². The predicted octanol–water partition coefficient (Wildman–Crippen LogP) is 4.87. The van der Waals surface area contributed by atoms with Crippen LogP contribution in [0.2, 0.25) is 0 Å². The monoisotopic (exact) mass is 354 g/mol. The minimum absolute atomic E-state index is 0.410. The zero-order chi connectivity index (χ0) is 18.6. The predicted molar refractivity (Wildman–Crippen MR) is 102 cm³/mol. The lowest BCUT2D eigenvalue weighted by molar-refractivity contribution is 0.0621. The molecule has 0 aliphatic carbocycles. The van der Waals surface area contributed by atoms with Crippen LogP contribution < -0.4 is 4.74 Å². The van der Waals surface area contributed by atoms with E-state index in [-0.39, 0.29) is 0 Å². The molecule has 0 aliphatic heterocycles. The Hall–Kier alpha value is -2.56. The Kier molecular flexibility index (Phi) is 8.46. The number of ether oxygens (including phenoxy) is 2. The van der Waals surface area contributed by atoms with Crippen LogP contribution >= 0.6 is 0 Å². The minimum atomic E-state index is -0.410. The van der Waals surface area contributed by atoms with Crippen molar-refractivity contribution >= 4 is 0 Å². The molecule has 2 aromatic rings. The van der Waals surface area contributed by atoms with Crippen molar-refractivity contribution in [3.05, 3.63) is 69.9 Å². The lowest BCUT2D eigenvalue weighted by atomic mass is 10.1. The summed E-state index contributed by atoms with van der Waals surface area (Å²) in [5.74, 6) is 0.843. The number of hydrogen-bond donors (Lipinski definition) is 0. The second kappa shape index (κ2) is 11.1. The second-order valence-electron chi connectivity index (χ2n) is 5.91. The Balaban J connectivity index is 1.76. The number of azide groups is 1. The van der Waals surface area contributed by atoms with Gasteiger partial charge in [0.2, 0.25) is 0 Å². The van der Waals surface area contributed by atoms with E-state index in [1.807, 2.05) is 37.4 Å². The van der Waals surface area contributed by atoms with Crippen molar-refractivity contribution in [1.29, 1.82) is 0 Å². The molecule has 0 N–H and O–H groups in total. The van der Waals surface area contributed by atoms with E-state index >= 15 is 0 Å². The minimum Gasteiger partial charge on any atom is -0.493 e. The molecule has 0 radical (unpaired) electrons. The Morgan fingerprint density at radius 2 is 1.85 bits per heavy atom. The Labute approximate surface area is 154 Å². The molecule has 0 saturated carbocycles. The molecule has 1 atom stereocenters. The summed E-state index contributed by atoms with van der Waals surface area (Å²) in [7, 11) is 0. The molecule has 0 bridgehead atoms. The third kappa shape index (κ3) is 6.75. The third-order valence-electron chi connectivity index (χ3n) is 4.06. The molecule has 1 aromatic heterocycles. The van der Waals surface area contributed by atoms with Crippen molar-refractivity contribution in [2.45, 2.75) is 45.8 Å². The van der Waals surface area contributed by atoms with Crippen LogP contribution in [0, 0.1) is 0 Å². The molecule has 1 heterocycles. The van der Waals surface area contributed by atoms with Crippen LogP contribution in [-0.4, -0.2) is 24.4 Å². The Morgan fingerprint density at radius 3 is 2.46 bits per heavy atom. The Morgan fingerprint density at radius 1 is 1.08 bits per heavy atom. The molecule has 0 unspecified atom stereocenters. The first-order valence-corrected chi connectivity index (χ1v) is 9.06. The van der Waals surface area contributed by atoms with Gasteiger partial charge in [-0.3, -0.25) is 4.98 Å². The maximum Gasteiger partial charge on any atom is 0.136 e. The third-order valence-corrected chi connectivity index (χ3v) is 4.06. The van der Waals surface area contributed by atoms with E-state index in [1.165, 1.54) is 5.56 Å². The summed E-state index contributed by atoms with van der Waals surface area (Å²) in [5, 5.41) is 3.65. The molecule has 6 heteroatoms. The average molecular weight is 354 g/mol. The van der Waals surface area contributed by atoms with Gasteiger partial charge in [0.05, 0.1) is 6.61 Å². The van der Waals surface area contributed by atoms with Crippen LogP contribution in [0.15, 0.2) is 47.7 Å². The lowest BCUT2D eigenvalue weighted by Gasteiger charge is -2.11. The average Bonchev–Trinajstić information content (AvgIpc) is 2.68. The molecule has 6 nitrogen and oxygen atoms in total. The van der Waals surface area contributed by atoms with Gasteiger partial charge in [0.15, 0.2) is 0 Å². The SMILES string of the molecule is CCO[C@@H](CCc1ccc(OCCc2ccc(CC)cn2)cc1)N=[N+]=[N-]. The first-order chi connectivity index (χ1) is 12.7. The van der Waals surface area contributed by atoms with E-state index in [9.17, 15) is 0 Å². The van der Waals surface area contributed by atoms with Gasteiger partial charge in [-0.1, -0.05) is 30.2 Å². The van der Waals surface area contributed by atoms with E-state index in [2.05, 4.69) is 34.1 Å². The van der Waals surface area contributed by atoms with Gasteiger partial charge in [-0.2, -0.15) is 0 Å². The van der Waals surface area contributed by atoms with E-state index in [4.69, 9.17) is 15.0 Å². The van der Waals surface area contributed by atoms with Crippen molar-refractivity contribution in [2.75, 3.05) is 13.2 Å². The molecule has 0 saturated heterocycles. The largest absolute Gasteiger partial charge is 0.493 e. The molecule has 0 spiro atoms. The first-order valence-electron chi connectivity index (χ1n) is 9.06. The summed E-state index contributed by atoms with van der Waals surface area (Å²) < 4.78 is 11.2. The molecule has 1 aromatic carbocycles. The van der Waals surface area contributed by atoms with E-state index in [0.717, 1.165) is 36.3 Å². The molecule has 0 fully saturated rings. The molecule has 138 valence electrons. The Bertz CT molecular complexity index is 695. The fourth-order valence-electron chi connectivity index (χ4n) is 2.55. The van der Waals surface area contributed by atoms with E-state index in [1.54, 1.807) is 0 Å². The van der Waals surface area contributed by atoms with Crippen LogP contribution in [0.3, 0.4) is 0 Å². The highest BCUT2D eigenvalue weighted by Gasteiger charge is 2.06. The molecular formula is C20H26N4O2. The molecule has 2 rings (SSSR count). The van der Waals surface area contributed by atoms with Gasteiger partial charge in [-0.25, -0.2) is 0 Å². The summed E-state index contributed by atoms with van der Waals surface area (Å²) in [5.41, 5.74) is 12.0. The molecule has 0 aliphatic rings. The maximum absolute atomic E-state index is 8.55. The second-order valence-corrected chi connectivity index (χ2v) is 5.91. The summed E-state index contributed by atoms with van der Waals surface area (Å²) >= 11 is 0. The van der Waals surface area contributed by atoms with Gasteiger partial charge >= 0.3 is 0 Å². The number of pyridine rings is 1. The number of hydrogen-bond acceptors (Lipinski definition) is 4. The van der Waals surface area contributed by atoms with Crippen LogP contribution in [0.4, 0.5) is 0 Å². The van der Waals surface area contributed by atoms with Crippen molar-refractivity contribution in [3.8, 4) is 5.75 Å². The highest BCUT2D eigenvalue weighted by atomic mass is 16.5. The molecular weight excluding hydrogens is 328 g/mol. The van der Waals surface area contributed by atoms with Gasteiger partial charge in [-0.05, 0) is 61.0 Å². The maximum atomic E-state index is 8.55. The molecule has 26 heavy (non-hydrogen) atoms. The smallest absolute Gasteiger partial charge is 0.136 e. The van der Waals surface area contributed by atoms with Crippen molar-refractivity contribution in [2.24, 2.45) is 5.11 Å². The summed E-state index contributed by atoms with van der Waals surface area (Å²) in [4.78, 5) is 7.26. The summed E-state index contributed by atoms with van der Waals surface area (Å²) in [6, 6.07) is 12.2. The lowest BCUT2D eigenvalue weighted by Crippen LogP contribution is -2.10. The van der Waals surface area contributed by atoms with Gasteiger partial charge in [0.1, 0.15) is 12.0 Å². The number of nitrogens with zero attached hydrogens (tertiary/aromatic N) is 4. The quantitative estimate of drug-likeness (QED) is 0.328. The summed E-state index contributed by atoms with van der Waals surface area (Å²) in [6.45, 7) is 5.14. The van der Waals surface area contributed by atoms with Gasteiger partial charge in [-0.15, -0.1) is 0 Å². The van der Waals surface area contributed by atoms with Crippen molar-refractivity contribution in [3.63, 3.8) is 0 Å². The standard InChI is InChI=1S/C20H26N4O2/c1-3-16-5-9-18(22-15-16)13-14-26-19-10-6-17(7-11-19)8-12-20(23-24-21)25-4-2/h5-7,9-11,15,20H,3-4,8,12-14H2,1-2H3/t20-/m0/s1. The van der Waals surface area contributed by atoms with Crippen LogP contribution in [0.1, 0.15) is 37.1 Å². The van der Waals surface area contributed by atoms with Gasteiger partial charge < -0.3 is 9.47 Å².